The summed E-state index contributed by atoms with van der Waals surface area (Å²) in [5.41, 5.74) is 0.762. The fourth-order valence-corrected chi connectivity index (χ4v) is 1.61. The normalized spacial score (nSPS) is 10.6. The molecule has 84 valence electrons. The Kier molecular flexibility index (Phi) is 2.85. The Balaban J connectivity index is 2.34. The molecule has 2 aromatic rings. The Labute approximate surface area is 93.4 Å². The highest BCUT2D eigenvalue weighted by molar-refractivity contribution is 5.08. The summed E-state index contributed by atoms with van der Waals surface area (Å²) in [5.74, 6) is 0.801. The molecule has 5 nitrogen and oxygen atoms in total. The van der Waals surface area contributed by atoms with Gasteiger partial charge in [-0.15, -0.1) is 0 Å². The average molecular weight is 218 g/mol. The molecule has 5 heteroatoms. The summed E-state index contributed by atoms with van der Waals surface area (Å²) < 4.78 is 3.43. The lowest BCUT2D eigenvalue weighted by atomic mass is 10.3. The average Bonchev–Trinajstić information content (AvgIpc) is 2.72. The van der Waals surface area contributed by atoms with Crippen LogP contribution in [0.4, 0.5) is 0 Å². The zero-order valence-electron chi connectivity index (χ0n) is 9.42. The van der Waals surface area contributed by atoms with E-state index in [9.17, 15) is 4.79 Å². The smallest absolute Gasteiger partial charge is 0.253 e. The predicted octanol–water partition coefficient (Wildman–Crippen LogP) is 0.816. The molecular formula is C11H14N4O. The molecule has 0 fully saturated rings. The SMILES string of the molecule is CCn1ncnc1Cn1cccc(C)c1=O. The van der Waals surface area contributed by atoms with Crippen LogP contribution in [0.15, 0.2) is 29.5 Å². The largest absolute Gasteiger partial charge is 0.308 e. The van der Waals surface area contributed by atoms with Crippen molar-refractivity contribution in [3.05, 3.63) is 46.4 Å². The quantitative estimate of drug-likeness (QED) is 0.766. The van der Waals surface area contributed by atoms with Gasteiger partial charge in [0.2, 0.25) is 0 Å². The van der Waals surface area contributed by atoms with Crippen molar-refractivity contribution in [2.24, 2.45) is 0 Å². The molecule has 0 amide bonds. The van der Waals surface area contributed by atoms with Gasteiger partial charge in [0, 0.05) is 18.3 Å². The number of aromatic nitrogens is 4. The van der Waals surface area contributed by atoms with Crippen LogP contribution < -0.4 is 5.56 Å². The van der Waals surface area contributed by atoms with Gasteiger partial charge in [0.25, 0.3) is 5.56 Å². The Bertz CT molecular complexity index is 541. The van der Waals surface area contributed by atoms with Crippen LogP contribution >= 0.6 is 0 Å². The maximum atomic E-state index is 11.8. The van der Waals surface area contributed by atoms with E-state index in [0.717, 1.165) is 17.9 Å². The van der Waals surface area contributed by atoms with Crippen molar-refractivity contribution in [2.75, 3.05) is 0 Å². The first-order valence-electron chi connectivity index (χ1n) is 5.25. The van der Waals surface area contributed by atoms with Crippen LogP contribution in [0.1, 0.15) is 18.3 Å². The van der Waals surface area contributed by atoms with Crippen molar-refractivity contribution in [1.82, 2.24) is 19.3 Å². The maximum absolute atomic E-state index is 11.8. The summed E-state index contributed by atoms with van der Waals surface area (Å²) in [6.07, 6.45) is 3.28. The number of pyridine rings is 1. The summed E-state index contributed by atoms with van der Waals surface area (Å²) in [7, 11) is 0. The first-order chi connectivity index (χ1) is 7.72. The Morgan fingerprint density at radius 2 is 2.25 bits per heavy atom. The van der Waals surface area contributed by atoms with Crippen molar-refractivity contribution in [3.8, 4) is 0 Å². The van der Waals surface area contributed by atoms with E-state index in [4.69, 9.17) is 0 Å². The lowest BCUT2D eigenvalue weighted by Gasteiger charge is -2.06. The highest BCUT2D eigenvalue weighted by Gasteiger charge is 2.05. The van der Waals surface area contributed by atoms with Crippen LogP contribution in [0.2, 0.25) is 0 Å². The highest BCUT2D eigenvalue weighted by atomic mass is 16.1. The van der Waals surface area contributed by atoms with E-state index in [0.29, 0.717) is 6.54 Å². The van der Waals surface area contributed by atoms with E-state index in [2.05, 4.69) is 10.1 Å². The molecular weight excluding hydrogens is 204 g/mol. The van der Waals surface area contributed by atoms with Crippen LogP contribution in [0, 0.1) is 6.92 Å². The minimum Gasteiger partial charge on any atom is -0.308 e. The Morgan fingerprint density at radius 1 is 1.44 bits per heavy atom. The zero-order valence-corrected chi connectivity index (χ0v) is 9.42. The van der Waals surface area contributed by atoms with Gasteiger partial charge in [0.15, 0.2) is 0 Å². The first kappa shape index (κ1) is 10.6. The third-order valence-corrected chi connectivity index (χ3v) is 2.52. The Hall–Kier alpha value is -1.91. The van der Waals surface area contributed by atoms with Gasteiger partial charge >= 0.3 is 0 Å². The van der Waals surface area contributed by atoms with Gasteiger partial charge in [-0.25, -0.2) is 9.67 Å². The topological polar surface area (TPSA) is 52.7 Å². The molecule has 0 aliphatic rings. The molecule has 0 atom stereocenters. The lowest BCUT2D eigenvalue weighted by molar-refractivity contribution is 0.585. The second kappa shape index (κ2) is 4.30. The number of rotatable bonds is 3. The van der Waals surface area contributed by atoms with Crippen LogP contribution in [0.3, 0.4) is 0 Å². The standard InChI is InChI=1S/C11H14N4O/c1-3-15-10(12-8-13-15)7-14-6-4-5-9(2)11(14)16/h4-6,8H,3,7H2,1-2H3. The van der Waals surface area contributed by atoms with Gasteiger partial charge in [-0.2, -0.15) is 5.10 Å². The molecule has 16 heavy (non-hydrogen) atoms. The first-order valence-corrected chi connectivity index (χ1v) is 5.25. The molecule has 0 aliphatic heterocycles. The van der Waals surface area contributed by atoms with Gasteiger partial charge < -0.3 is 4.57 Å². The fraction of sp³-hybridized carbons (Fsp3) is 0.364. The van der Waals surface area contributed by atoms with E-state index in [1.54, 1.807) is 15.4 Å². The van der Waals surface area contributed by atoms with Crippen molar-refractivity contribution in [2.45, 2.75) is 26.9 Å². The van der Waals surface area contributed by atoms with Crippen molar-refractivity contribution in [1.29, 1.82) is 0 Å². The molecule has 0 saturated carbocycles. The summed E-state index contributed by atoms with van der Waals surface area (Å²) in [6, 6.07) is 3.67. The highest BCUT2D eigenvalue weighted by Crippen LogP contribution is 1.97. The fourth-order valence-electron chi connectivity index (χ4n) is 1.61. The molecule has 0 bridgehead atoms. The summed E-state index contributed by atoms with van der Waals surface area (Å²) >= 11 is 0. The Morgan fingerprint density at radius 3 is 3.00 bits per heavy atom. The second-order valence-corrected chi connectivity index (χ2v) is 3.62. The van der Waals surface area contributed by atoms with Gasteiger partial charge in [-0.3, -0.25) is 4.79 Å². The van der Waals surface area contributed by atoms with Gasteiger partial charge in [0.1, 0.15) is 12.2 Å². The van der Waals surface area contributed by atoms with Crippen LogP contribution in [-0.4, -0.2) is 19.3 Å². The van der Waals surface area contributed by atoms with Gasteiger partial charge in [0.05, 0.1) is 6.54 Å². The van der Waals surface area contributed by atoms with Crippen molar-refractivity contribution < 1.29 is 0 Å². The van der Waals surface area contributed by atoms with E-state index in [1.165, 1.54) is 6.33 Å². The molecule has 0 unspecified atom stereocenters. The van der Waals surface area contributed by atoms with Crippen molar-refractivity contribution in [3.63, 3.8) is 0 Å². The maximum Gasteiger partial charge on any atom is 0.253 e. The molecule has 2 rings (SSSR count). The minimum atomic E-state index is 0.0214. The molecule has 2 heterocycles. The van der Waals surface area contributed by atoms with Crippen LogP contribution in [0.25, 0.3) is 0 Å². The molecule has 0 N–H and O–H groups in total. The summed E-state index contributed by atoms with van der Waals surface area (Å²) in [5, 5.41) is 4.07. The summed E-state index contributed by atoms with van der Waals surface area (Å²) in [6.45, 7) is 5.03. The summed E-state index contributed by atoms with van der Waals surface area (Å²) in [4.78, 5) is 15.9. The van der Waals surface area contributed by atoms with E-state index in [1.807, 2.05) is 26.0 Å². The molecule has 2 aromatic heterocycles. The molecule has 0 spiro atoms. The van der Waals surface area contributed by atoms with Gasteiger partial charge in [-0.05, 0) is 19.9 Å². The zero-order chi connectivity index (χ0) is 11.5. The van der Waals surface area contributed by atoms with E-state index in [-0.39, 0.29) is 5.56 Å². The number of hydrogen-bond donors (Lipinski definition) is 0. The molecule has 0 saturated heterocycles. The lowest BCUT2D eigenvalue weighted by Crippen LogP contribution is -2.23. The molecule has 0 aromatic carbocycles. The number of nitrogens with zero attached hydrogens (tertiary/aromatic N) is 4. The van der Waals surface area contributed by atoms with E-state index < -0.39 is 0 Å². The third-order valence-electron chi connectivity index (χ3n) is 2.52. The predicted molar refractivity (Wildman–Crippen MR) is 60.2 cm³/mol. The monoisotopic (exact) mass is 218 g/mol. The van der Waals surface area contributed by atoms with E-state index >= 15 is 0 Å². The van der Waals surface area contributed by atoms with Crippen molar-refractivity contribution >= 4 is 0 Å². The number of hydrogen-bond acceptors (Lipinski definition) is 3. The third kappa shape index (κ3) is 1.88. The van der Waals surface area contributed by atoms with Crippen LogP contribution in [-0.2, 0) is 13.1 Å². The minimum absolute atomic E-state index is 0.0214. The van der Waals surface area contributed by atoms with Crippen LogP contribution in [0.5, 0.6) is 0 Å². The van der Waals surface area contributed by atoms with Gasteiger partial charge in [-0.1, -0.05) is 6.07 Å². The number of aryl methyl sites for hydroxylation is 2. The molecule has 0 radical (unpaired) electrons. The molecule has 0 aliphatic carbocycles. The second-order valence-electron chi connectivity index (χ2n) is 3.62.